The van der Waals surface area contributed by atoms with Crippen molar-refractivity contribution in [3.8, 4) is 0 Å². The number of hydrogen-bond donors (Lipinski definition) is 2. The lowest BCUT2D eigenvalue weighted by Gasteiger charge is -2.20. The van der Waals surface area contributed by atoms with Crippen LogP contribution >= 0.6 is 11.3 Å². The topological polar surface area (TPSA) is 69.6 Å². The van der Waals surface area contributed by atoms with Gasteiger partial charge >= 0.3 is 0 Å². The molecule has 1 amide bonds. The average Bonchev–Trinajstić information content (AvgIpc) is 2.99. The average molecular weight is 292 g/mol. The van der Waals surface area contributed by atoms with Gasteiger partial charge in [0.25, 0.3) is 0 Å². The molecule has 0 unspecified atom stereocenters. The predicted octanol–water partition coefficient (Wildman–Crippen LogP) is 1.14. The molecule has 2 rings (SSSR count). The van der Waals surface area contributed by atoms with Crippen molar-refractivity contribution < 1.29 is 14.7 Å². The number of thiophene rings is 1. The summed E-state index contributed by atoms with van der Waals surface area (Å²) in [7, 11) is 0. The van der Waals surface area contributed by atoms with Crippen LogP contribution in [0.15, 0.2) is 41.6 Å². The van der Waals surface area contributed by atoms with E-state index in [9.17, 15) is 9.59 Å². The molecule has 2 N–H and O–H groups in total. The van der Waals surface area contributed by atoms with Crippen molar-refractivity contribution in [2.75, 3.05) is 19.7 Å². The van der Waals surface area contributed by atoms with Gasteiger partial charge in [-0.15, -0.1) is 11.3 Å². The first kappa shape index (κ1) is 14.5. The van der Waals surface area contributed by atoms with E-state index < -0.39 is 0 Å². The predicted molar refractivity (Wildman–Crippen MR) is 77.3 cm³/mol. The van der Waals surface area contributed by atoms with Crippen molar-refractivity contribution >= 4 is 23.0 Å². The van der Waals surface area contributed by atoms with E-state index in [4.69, 9.17) is 5.11 Å². The maximum absolute atomic E-state index is 12.0. The van der Waals surface area contributed by atoms with Crippen LogP contribution in [0.5, 0.6) is 0 Å². The first-order chi connectivity index (χ1) is 9.70. The highest BCUT2D eigenvalue weighted by atomic mass is 32.1. The van der Waals surface area contributed by atoms with Gasteiger partial charge in [-0.3, -0.25) is 9.59 Å². The number of aliphatic hydroxyl groups is 1. The van der Waals surface area contributed by atoms with Crippen LogP contribution in [0, 0.1) is 0 Å². The van der Waals surface area contributed by atoms with Crippen LogP contribution in [0.3, 0.4) is 0 Å². The molecule has 0 spiro atoms. The number of rotatable bonds is 6. The molecule has 0 bridgehead atoms. The minimum Gasteiger partial charge on any atom is -0.395 e. The van der Waals surface area contributed by atoms with E-state index in [0.29, 0.717) is 16.9 Å². The first-order valence-electron chi connectivity index (χ1n) is 6.29. The second kappa shape index (κ2) is 7.02. The molecule has 0 fully saturated rings. The van der Waals surface area contributed by atoms with E-state index in [0.717, 1.165) is 0 Å². The Balaban J connectivity index is 1.96. The number of carbonyl (C=O) groups excluding carboxylic acids is 2. The first-order valence-corrected chi connectivity index (χ1v) is 7.17. The third-order valence-electron chi connectivity index (χ3n) is 2.77. The summed E-state index contributed by atoms with van der Waals surface area (Å²) >= 11 is 1.41. The lowest BCUT2D eigenvalue weighted by atomic mass is 10.1. The number of aliphatic hydroxyl groups excluding tert-OH is 1. The van der Waals surface area contributed by atoms with Crippen molar-refractivity contribution in [2.45, 2.75) is 6.42 Å². The number of allylic oxidation sites excluding steroid dienone is 1. The van der Waals surface area contributed by atoms with Crippen LogP contribution in [0.4, 0.5) is 0 Å². The molecule has 106 valence electrons. The van der Waals surface area contributed by atoms with Crippen LogP contribution in [-0.4, -0.2) is 41.4 Å². The second-order valence-corrected chi connectivity index (χ2v) is 5.24. The normalized spacial score (nSPS) is 14.1. The molecule has 0 radical (unpaired) electrons. The number of ketones is 1. The standard InChI is InChI=1S/C14H16N2O3S/c17-7-5-15-14(19)11-3-1-6-16(9-11)10-12(18)13-4-2-8-20-13/h1-2,4,6,8-9,17H,3,5,7,10H2,(H,15,19). The smallest absolute Gasteiger partial charge is 0.249 e. The maximum Gasteiger partial charge on any atom is 0.249 e. The molecule has 1 aliphatic heterocycles. The Hall–Kier alpha value is -1.92. The van der Waals surface area contributed by atoms with E-state index in [1.807, 2.05) is 17.5 Å². The van der Waals surface area contributed by atoms with Gasteiger partial charge < -0.3 is 15.3 Å². The lowest BCUT2D eigenvalue weighted by molar-refractivity contribution is -0.117. The van der Waals surface area contributed by atoms with Crippen molar-refractivity contribution in [1.29, 1.82) is 0 Å². The molecule has 0 atom stereocenters. The van der Waals surface area contributed by atoms with E-state index in [2.05, 4.69) is 5.32 Å². The highest BCUT2D eigenvalue weighted by Gasteiger charge is 2.15. The van der Waals surface area contributed by atoms with Gasteiger partial charge in [0.1, 0.15) is 0 Å². The molecule has 1 aromatic rings. The zero-order chi connectivity index (χ0) is 14.4. The zero-order valence-electron chi connectivity index (χ0n) is 10.9. The summed E-state index contributed by atoms with van der Waals surface area (Å²) in [6.45, 7) is 0.358. The fraction of sp³-hybridized carbons (Fsp3) is 0.286. The number of carbonyl (C=O) groups is 2. The Labute approximate surface area is 121 Å². The SMILES string of the molecule is O=C(NCCO)C1=CN(CC(=O)c2cccs2)C=CC1. The Morgan fingerprint density at radius 2 is 2.30 bits per heavy atom. The molecule has 20 heavy (non-hydrogen) atoms. The molecule has 0 aromatic carbocycles. The molecule has 2 heterocycles. The van der Waals surface area contributed by atoms with Gasteiger partial charge in [-0.25, -0.2) is 0 Å². The summed E-state index contributed by atoms with van der Waals surface area (Å²) < 4.78 is 0. The minimum absolute atomic E-state index is 0.0258. The number of Topliss-reactive ketones (excluding diaryl/α,β-unsaturated/α-hetero) is 1. The highest BCUT2D eigenvalue weighted by molar-refractivity contribution is 7.12. The second-order valence-electron chi connectivity index (χ2n) is 4.30. The third kappa shape index (κ3) is 3.79. The Kier molecular flexibility index (Phi) is 5.09. The van der Waals surface area contributed by atoms with Crippen molar-refractivity contribution in [3.63, 3.8) is 0 Å². The monoisotopic (exact) mass is 292 g/mol. The van der Waals surface area contributed by atoms with Crippen LogP contribution in [0.25, 0.3) is 0 Å². The Bertz CT molecular complexity index is 535. The molecular weight excluding hydrogens is 276 g/mol. The fourth-order valence-corrected chi connectivity index (χ4v) is 2.48. The summed E-state index contributed by atoms with van der Waals surface area (Å²) in [5.41, 5.74) is 0.583. The number of amides is 1. The summed E-state index contributed by atoms with van der Waals surface area (Å²) in [6.07, 6.45) is 5.85. The molecule has 0 saturated heterocycles. The van der Waals surface area contributed by atoms with Gasteiger partial charge in [-0.1, -0.05) is 12.1 Å². The summed E-state index contributed by atoms with van der Waals surface area (Å²) in [5.74, 6) is -0.185. The summed E-state index contributed by atoms with van der Waals surface area (Å²) in [6, 6.07) is 3.63. The minimum atomic E-state index is -0.211. The Morgan fingerprint density at radius 1 is 1.45 bits per heavy atom. The quantitative estimate of drug-likeness (QED) is 0.772. The molecule has 0 aliphatic carbocycles. The third-order valence-corrected chi connectivity index (χ3v) is 3.68. The molecule has 0 saturated carbocycles. The van der Waals surface area contributed by atoms with Crippen molar-refractivity contribution in [2.24, 2.45) is 0 Å². The Morgan fingerprint density at radius 3 is 3.00 bits per heavy atom. The highest BCUT2D eigenvalue weighted by Crippen LogP contribution is 2.15. The van der Waals surface area contributed by atoms with Crippen LogP contribution in [0.1, 0.15) is 16.1 Å². The van der Waals surface area contributed by atoms with Gasteiger partial charge in [0.2, 0.25) is 5.91 Å². The summed E-state index contributed by atoms with van der Waals surface area (Å²) in [4.78, 5) is 26.2. The van der Waals surface area contributed by atoms with Gasteiger partial charge in [0, 0.05) is 24.5 Å². The largest absolute Gasteiger partial charge is 0.395 e. The zero-order valence-corrected chi connectivity index (χ0v) is 11.7. The van der Waals surface area contributed by atoms with Crippen molar-refractivity contribution in [1.82, 2.24) is 10.2 Å². The molecule has 5 nitrogen and oxygen atoms in total. The van der Waals surface area contributed by atoms with Gasteiger partial charge in [-0.05, 0) is 17.9 Å². The van der Waals surface area contributed by atoms with Crippen molar-refractivity contribution in [3.05, 3.63) is 46.4 Å². The van der Waals surface area contributed by atoms with Gasteiger partial charge in [0.15, 0.2) is 5.78 Å². The van der Waals surface area contributed by atoms with E-state index in [1.165, 1.54) is 11.3 Å². The van der Waals surface area contributed by atoms with Gasteiger partial charge in [-0.2, -0.15) is 0 Å². The number of nitrogens with one attached hydrogen (secondary N) is 1. The van der Waals surface area contributed by atoms with Crippen LogP contribution in [-0.2, 0) is 4.79 Å². The summed E-state index contributed by atoms with van der Waals surface area (Å²) in [5, 5.41) is 13.2. The maximum atomic E-state index is 12.0. The molecule has 1 aromatic heterocycles. The van der Waals surface area contributed by atoms with Gasteiger partial charge in [0.05, 0.1) is 18.0 Å². The fourth-order valence-electron chi connectivity index (χ4n) is 1.82. The van der Waals surface area contributed by atoms with E-state index >= 15 is 0 Å². The number of nitrogens with zero attached hydrogens (tertiary/aromatic N) is 1. The number of hydrogen-bond acceptors (Lipinski definition) is 5. The van der Waals surface area contributed by atoms with Crippen LogP contribution in [0.2, 0.25) is 0 Å². The van der Waals surface area contributed by atoms with E-state index in [1.54, 1.807) is 23.4 Å². The van der Waals surface area contributed by atoms with E-state index in [-0.39, 0.29) is 31.4 Å². The van der Waals surface area contributed by atoms with Crippen LogP contribution < -0.4 is 5.32 Å². The molecular formula is C14H16N2O3S. The molecule has 6 heteroatoms. The lowest BCUT2D eigenvalue weighted by Crippen LogP contribution is -2.30. The molecule has 1 aliphatic rings.